The van der Waals surface area contributed by atoms with E-state index in [1.165, 1.54) is 18.9 Å². The van der Waals surface area contributed by atoms with Crippen molar-refractivity contribution >= 4 is 33.6 Å². The Kier molecular flexibility index (Phi) is 7.65. The zero-order chi connectivity index (χ0) is 24.2. The summed E-state index contributed by atoms with van der Waals surface area (Å²) in [6.07, 6.45) is 3.37. The lowest BCUT2D eigenvalue weighted by atomic mass is 10.0. The van der Waals surface area contributed by atoms with Gasteiger partial charge in [-0.2, -0.15) is 4.90 Å². The number of amides is 4. The van der Waals surface area contributed by atoms with Crippen LogP contribution >= 0.6 is 0 Å². The van der Waals surface area contributed by atoms with E-state index < -0.39 is 33.9 Å². The summed E-state index contributed by atoms with van der Waals surface area (Å²) in [4.78, 5) is 40.2. The summed E-state index contributed by atoms with van der Waals surface area (Å²) in [7, 11) is -1.96. The van der Waals surface area contributed by atoms with E-state index in [-0.39, 0.29) is 5.75 Å². The number of rotatable bonds is 9. The summed E-state index contributed by atoms with van der Waals surface area (Å²) in [5.74, 6) is -1.29. The molecule has 176 valence electrons. The number of hydrogen-bond donors (Lipinski definition) is 1. The maximum Gasteiger partial charge on any atom is 0.339 e. The second kappa shape index (κ2) is 10.3. The van der Waals surface area contributed by atoms with Gasteiger partial charge in [-0.05, 0) is 55.1 Å². The number of carbonyl (C=O) groups excluding carboxylic acids is 3. The van der Waals surface area contributed by atoms with Crippen molar-refractivity contribution in [1.82, 2.24) is 9.62 Å². The molecule has 0 aromatic heterocycles. The monoisotopic (exact) mass is 471 g/mol. The van der Waals surface area contributed by atoms with Crippen LogP contribution in [0.5, 0.6) is 0 Å². The third kappa shape index (κ3) is 5.48. The fourth-order valence-corrected chi connectivity index (χ4v) is 4.52. The molecule has 1 aliphatic heterocycles. The number of urea groups is 1. The van der Waals surface area contributed by atoms with Gasteiger partial charge in [0, 0.05) is 12.6 Å². The third-order valence-electron chi connectivity index (χ3n) is 5.72. The summed E-state index contributed by atoms with van der Waals surface area (Å²) in [5, 5.41) is 0. The molecule has 4 amide bonds. The van der Waals surface area contributed by atoms with E-state index in [0.29, 0.717) is 22.6 Å². The molecule has 0 bridgehead atoms. The summed E-state index contributed by atoms with van der Waals surface area (Å²) >= 11 is 0. The van der Waals surface area contributed by atoms with Crippen LogP contribution in [-0.4, -0.2) is 44.0 Å². The van der Waals surface area contributed by atoms with Crippen LogP contribution in [0.1, 0.15) is 49.4 Å². The topological polar surface area (TPSA) is 104 Å². The second-order valence-electron chi connectivity index (χ2n) is 8.03. The number of aryl methyl sites for hydroxylation is 2. The van der Waals surface area contributed by atoms with Gasteiger partial charge < -0.3 is 0 Å². The molecule has 1 atom stereocenters. The highest BCUT2D eigenvalue weighted by atomic mass is 32.2. The van der Waals surface area contributed by atoms with E-state index in [4.69, 9.17) is 0 Å². The summed E-state index contributed by atoms with van der Waals surface area (Å²) in [5.41, 5.74) is 3.00. The molecule has 0 radical (unpaired) electrons. The first-order valence-electron chi connectivity index (χ1n) is 10.9. The minimum absolute atomic E-state index is 0.0572. The van der Waals surface area contributed by atoms with Gasteiger partial charge in [0.05, 0.1) is 5.75 Å². The highest BCUT2D eigenvalue weighted by Crippen LogP contribution is 2.36. The lowest BCUT2D eigenvalue weighted by Gasteiger charge is -2.22. The van der Waals surface area contributed by atoms with E-state index in [0.717, 1.165) is 30.4 Å². The fraction of sp³-hybridized carbons (Fsp3) is 0.375. The minimum Gasteiger partial charge on any atom is -0.277 e. The van der Waals surface area contributed by atoms with Crippen molar-refractivity contribution in [3.8, 4) is 0 Å². The molecule has 1 fully saturated rings. The Hall–Kier alpha value is -3.04. The smallest absolute Gasteiger partial charge is 0.277 e. The molecule has 2 aromatic carbocycles. The van der Waals surface area contributed by atoms with Gasteiger partial charge in [-0.15, -0.1) is 0 Å². The molecule has 0 aliphatic carbocycles. The Labute approximate surface area is 194 Å². The zero-order valence-corrected chi connectivity index (χ0v) is 19.9. The first kappa shape index (κ1) is 24.6. The molecule has 1 N–H and O–H groups in total. The number of benzene rings is 2. The first-order chi connectivity index (χ1) is 15.7. The average Bonchev–Trinajstić information content (AvgIpc) is 3.07. The normalized spacial score (nSPS) is 16.5. The molecule has 3 rings (SSSR count). The SMILES string of the molecule is CCCCc1ccc(N2C(=O)N(C(C)=O)C(=O)C2c2ccc(CCS(=O)(=O)NC)cc2)cc1. The van der Waals surface area contributed by atoms with Gasteiger partial charge in [-0.1, -0.05) is 49.7 Å². The van der Waals surface area contributed by atoms with Crippen molar-refractivity contribution in [2.24, 2.45) is 0 Å². The van der Waals surface area contributed by atoms with Gasteiger partial charge in [0.2, 0.25) is 15.9 Å². The lowest BCUT2D eigenvalue weighted by molar-refractivity contribution is -0.138. The van der Waals surface area contributed by atoms with Crippen molar-refractivity contribution in [2.45, 2.75) is 45.6 Å². The van der Waals surface area contributed by atoms with Crippen molar-refractivity contribution in [1.29, 1.82) is 0 Å². The molecule has 2 aromatic rings. The Morgan fingerprint density at radius 2 is 1.55 bits per heavy atom. The molecule has 8 nitrogen and oxygen atoms in total. The maximum atomic E-state index is 13.1. The van der Waals surface area contributed by atoms with Crippen molar-refractivity contribution in [2.75, 3.05) is 17.7 Å². The Balaban J connectivity index is 1.91. The molecule has 1 aliphatic rings. The van der Waals surface area contributed by atoms with Crippen LogP contribution < -0.4 is 9.62 Å². The van der Waals surface area contributed by atoms with Gasteiger partial charge in [0.15, 0.2) is 0 Å². The van der Waals surface area contributed by atoms with Crippen molar-refractivity contribution in [3.05, 3.63) is 65.2 Å². The van der Waals surface area contributed by atoms with E-state index in [9.17, 15) is 22.8 Å². The number of imide groups is 3. The van der Waals surface area contributed by atoms with E-state index in [1.54, 1.807) is 36.4 Å². The highest BCUT2D eigenvalue weighted by Gasteiger charge is 2.48. The van der Waals surface area contributed by atoms with Crippen LogP contribution in [0.4, 0.5) is 10.5 Å². The molecule has 9 heteroatoms. The number of nitrogens with one attached hydrogen (secondary N) is 1. The number of carbonyl (C=O) groups is 3. The van der Waals surface area contributed by atoms with E-state index in [1.807, 2.05) is 12.1 Å². The highest BCUT2D eigenvalue weighted by molar-refractivity contribution is 7.89. The van der Waals surface area contributed by atoms with E-state index in [2.05, 4.69) is 11.6 Å². The largest absolute Gasteiger partial charge is 0.339 e. The van der Waals surface area contributed by atoms with Crippen LogP contribution in [0.3, 0.4) is 0 Å². The van der Waals surface area contributed by atoms with Crippen molar-refractivity contribution < 1.29 is 22.8 Å². The number of unbranched alkanes of at least 4 members (excludes halogenated alkanes) is 1. The predicted molar refractivity (Wildman–Crippen MR) is 126 cm³/mol. The second-order valence-corrected chi connectivity index (χ2v) is 10.1. The van der Waals surface area contributed by atoms with Gasteiger partial charge in [0.1, 0.15) is 6.04 Å². The zero-order valence-electron chi connectivity index (χ0n) is 19.1. The van der Waals surface area contributed by atoms with Gasteiger partial charge in [-0.25, -0.2) is 17.9 Å². The molecule has 0 spiro atoms. The third-order valence-corrected chi connectivity index (χ3v) is 7.09. The van der Waals surface area contributed by atoms with Crippen LogP contribution in [0.25, 0.3) is 0 Å². The standard InChI is InChI=1S/C24H29N3O5S/c1-4-5-6-18-9-13-21(14-10-18)27-22(23(29)26(17(2)28)24(27)30)20-11-7-19(8-12-20)15-16-33(31,32)25-3/h7-14,22,25H,4-6,15-16H2,1-3H3. The summed E-state index contributed by atoms with van der Waals surface area (Å²) < 4.78 is 25.6. The Morgan fingerprint density at radius 3 is 2.09 bits per heavy atom. The molecule has 1 heterocycles. The fourth-order valence-electron chi connectivity index (χ4n) is 3.81. The molecular formula is C24H29N3O5S. The number of nitrogens with zero attached hydrogens (tertiary/aromatic N) is 2. The average molecular weight is 472 g/mol. The van der Waals surface area contributed by atoms with Crippen LogP contribution in [0.15, 0.2) is 48.5 Å². The lowest BCUT2D eigenvalue weighted by Crippen LogP contribution is -2.36. The number of anilines is 1. The van der Waals surface area contributed by atoms with Crippen LogP contribution in [0, 0.1) is 0 Å². The molecular weight excluding hydrogens is 442 g/mol. The minimum atomic E-state index is -3.33. The van der Waals surface area contributed by atoms with E-state index >= 15 is 0 Å². The Bertz CT molecular complexity index is 1130. The predicted octanol–water partition coefficient (Wildman–Crippen LogP) is 3.18. The van der Waals surface area contributed by atoms with Gasteiger partial charge in [-0.3, -0.25) is 14.5 Å². The molecule has 33 heavy (non-hydrogen) atoms. The van der Waals surface area contributed by atoms with Gasteiger partial charge >= 0.3 is 6.03 Å². The summed E-state index contributed by atoms with van der Waals surface area (Å²) in [6.45, 7) is 3.31. The maximum absolute atomic E-state index is 13.1. The van der Waals surface area contributed by atoms with Crippen LogP contribution in [0.2, 0.25) is 0 Å². The molecule has 0 saturated carbocycles. The summed E-state index contributed by atoms with van der Waals surface area (Å²) in [6, 6.07) is 12.7. The number of sulfonamides is 1. The Morgan fingerprint density at radius 1 is 0.970 bits per heavy atom. The molecule has 1 saturated heterocycles. The van der Waals surface area contributed by atoms with Gasteiger partial charge in [0.25, 0.3) is 5.91 Å². The number of hydrogen-bond acceptors (Lipinski definition) is 5. The molecule has 1 unspecified atom stereocenters. The first-order valence-corrected chi connectivity index (χ1v) is 12.6. The van der Waals surface area contributed by atoms with Crippen molar-refractivity contribution in [3.63, 3.8) is 0 Å². The quantitative estimate of drug-likeness (QED) is 0.566. The van der Waals surface area contributed by atoms with Crippen LogP contribution in [-0.2, 0) is 32.5 Å².